The third-order valence-electron chi connectivity index (χ3n) is 2.87. The first-order valence-corrected chi connectivity index (χ1v) is 6.76. The summed E-state index contributed by atoms with van der Waals surface area (Å²) in [4.78, 5) is 11.9. The molecule has 1 aliphatic rings. The topological polar surface area (TPSA) is 62.1 Å². The Morgan fingerprint density at radius 1 is 1.53 bits per heavy atom. The van der Waals surface area contributed by atoms with Gasteiger partial charge in [0.05, 0.1) is 6.61 Å². The van der Waals surface area contributed by atoms with Gasteiger partial charge in [-0.3, -0.25) is 0 Å². The van der Waals surface area contributed by atoms with Crippen LogP contribution in [0.5, 0.6) is 0 Å². The van der Waals surface area contributed by atoms with Crippen LogP contribution in [0.1, 0.15) is 25.8 Å². The van der Waals surface area contributed by atoms with Crippen LogP contribution in [0.15, 0.2) is 33.8 Å². The minimum absolute atomic E-state index is 0.236. The number of hydrogen-bond donors (Lipinski definition) is 1. The fourth-order valence-corrected chi connectivity index (χ4v) is 2.30. The number of benzene rings is 1. The van der Waals surface area contributed by atoms with Crippen molar-refractivity contribution < 1.29 is 14.6 Å². The van der Waals surface area contributed by atoms with Gasteiger partial charge in [0.15, 0.2) is 5.72 Å². The molecule has 0 spiro atoms. The zero-order chi connectivity index (χ0) is 14.0. The van der Waals surface area contributed by atoms with Gasteiger partial charge in [0, 0.05) is 22.2 Å². The standard InChI is InChI=1S/C13H15BrN2O3/c1-3-19-12(17)16-13(18,8-9(2)15-16)10-4-6-11(14)7-5-10/h4-7,18H,3,8H2,1-2H3. The Hall–Kier alpha value is -1.40. The first-order valence-electron chi connectivity index (χ1n) is 5.97. The highest BCUT2D eigenvalue weighted by atomic mass is 79.9. The minimum Gasteiger partial charge on any atom is -0.448 e. The molecule has 1 N–H and O–H groups in total. The van der Waals surface area contributed by atoms with Crippen molar-refractivity contribution in [1.29, 1.82) is 0 Å². The lowest BCUT2D eigenvalue weighted by atomic mass is 9.98. The van der Waals surface area contributed by atoms with E-state index in [1.807, 2.05) is 12.1 Å². The molecule has 1 atom stereocenters. The van der Waals surface area contributed by atoms with E-state index in [9.17, 15) is 9.90 Å². The third-order valence-corrected chi connectivity index (χ3v) is 3.40. The van der Waals surface area contributed by atoms with E-state index in [4.69, 9.17) is 4.74 Å². The Kier molecular flexibility index (Phi) is 3.91. The van der Waals surface area contributed by atoms with Gasteiger partial charge in [-0.15, -0.1) is 0 Å². The van der Waals surface area contributed by atoms with Crippen molar-refractivity contribution in [3.8, 4) is 0 Å². The lowest BCUT2D eigenvalue weighted by Crippen LogP contribution is -2.43. The van der Waals surface area contributed by atoms with Crippen LogP contribution in [0.2, 0.25) is 0 Å². The van der Waals surface area contributed by atoms with Gasteiger partial charge >= 0.3 is 6.09 Å². The molecule has 0 aliphatic carbocycles. The number of hydrazone groups is 1. The molecule has 0 radical (unpaired) electrons. The molecule has 0 aromatic heterocycles. The van der Waals surface area contributed by atoms with Crippen LogP contribution in [0.4, 0.5) is 4.79 Å². The number of aliphatic hydroxyl groups is 1. The number of nitrogens with zero attached hydrogens (tertiary/aromatic N) is 2. The van der Waals surface area contributed by atoms with E-state index in [1.165, 1.54) is 0 Å². The van der Waals surface area contributed by atoms with Crippen molar-refractivity contribution in [3.05, 3.63) is 34.3 Å². The predicted molar refractivity (Wildman–Crippen MR) is 74.6 cm³/mol. The Morgan fingerprint density at radius 3 is 2.74 bits per heavy atom. The maximum absolute atomic E-state index is 11.9. The lowest BCUT2D eigenvalue weighted by Gasteiger charge is -2.30. The van der Waals surface area contributed by atoms with E-state index in [-0.39, 0.29) is 13.0 Å². The Morgan fingerprint density at radius 2 is 2.16 bits per heavy atom. The SMILES string of the molecule is CCOC(=O)N1N=C(C)CC1(O)c1ccc(Br)cc1. The highest BCUT2D eigenvalue weighted by molar-refractivity contribution is 9.10. The average Bonchev–Trinajstić information content (AvgIpc) is 2.67. The van der Waals surface area contributed by atoms with Crippen molar-refractivity contribution >= 4 is 27.7 Å². The predicted octanol–water partition coefficient (Wildman–Crippen LogP) is 2.83. The molecule has 19 heavy (non-hydrogen) atoms. The first kappa shape index (κ1) is 14.0. The van der Waals surface area contributed by atoms with E-state index >= 15 is 0 Å². The monoisotopic (exact) mass is 326 g/mol. The molecule has 102 valence electrons. The number of carbonyl (C=O) groups is 1. The normalized spacial score (nSPS) is 22.3. The number of amides is 1. The van der Waals surface area contributed by atoms with Crippen molar-refractivity contribution in [2.75, 3.05) is 6.61 Å². The van der Waals surface area contributed by atoms with Crippen LogP contribution in [0.25, 0.3) is 0 Å². The fourth-order valence-electron chi connectivity index (χ4n) is 2.04. The number of rotatable bonds is 2. The van der Waals surface area contributed by atoms with Crippen molar-refractivity contribution in [2.45, 2.75) is 26.0 Å². The molecule has 0 bridgehead atoms. The van der Waals surface area contributed by atoms with Gasteiger partial charge < -0.3 is 9.84 Å². The molecule has 6 heteroatoms. The summed E-state index contributed by atoms with van der Waals surface area (Å²) in [5.41, 5.74) is -0.195. The summed E-state index contributed by atoms with van der Waals surface area (Å²) in [5, 5.41) is 15.9. The first-order chi connectivity index (χ1) is 8.97. The highest BCUT2D eigenvalue weighted by Gasteiger charge is 2.45. The highest BCUT2D eigenvalue weighted by Crippen LogP contribution is 2.36. The summed E-state index contributed by atoms with van der Waals surface area (Å²) >= 11 is 3.34. The summed E-state index contributed by atoms with van der Waals surface area (Å²) in [6.45, 7) is 3.71. The second-order valence-corrected chi connectivity index (χ2v) is 5.26. The molecule has 2 rings (SSSR count). The van der Waals surface area contributed by atoms with E-state index in [1.54, 1.807) is 26.0 Å². The maximum Gasteiger partial charge on any atom is 0.433 e. The zero-order valence-corrected chi connectivity index (χ0v) is 12.3. The Balaban J connectivity index is 2.35. The van der Waals surface area contributed by atoms with E-state index in [0.717, 1.165) is 9.48 Å². The molecule has 1 aromatic carbocycles. The molecule has 0 fully saturated rings. The minimum atomic E-state index is -1.48. The van der Waals surface area contributed by atoms with Gasteiger partial charge in [-0.1, -0.05) is 28.1 Å². The van der Waals surface area contributed by atoms with Gasteiger partial charge in [0.1, 0.15) is 0 Å². The van der Waals surface area contributed by atoms with Crippen LogP contribution >= 0.6 is 15.9 Å². The molecule has 5 nitrogen and oxygen atoms in total. The second-order valence-electron chi connectivity index (χ2n) is 4.35. The van der Waals surface area contributed by atoms with Gasteiger partial charge in [-0.25, -0.2) is 4.79 Å². The van der Waals surface area contributed by atoms with Crippen molar-refractivity contribution in [1.82, 2.24) is 5.01 Å². The molecule has 1 unspecified atom stereocenters. The van der Waals surface area contributed by atoms with E-state index in [2.05, 4.69) is 21.0 Å². The molecule has 1 aliphatic heterocycles. The Labute approximate surface area is 120 Å². The summed E-state index contributed by atoms with van der Waals surface area (Å²) in [6.07, 6.45) is -0.377. The molecule has 1 aromatic rings. The molecule has 0 saturated heterocycles. The number of ether oxygens (including phenoxy) is 1. The smallest absolute Gasteiger partial charge is 0.433 e. The summed E-state index contributed by atoms with van der Waals surface area (Å²) < 4.78 is 5.83. The fraction of sp³-hybridized carbons (Fsp3) is 0.385. The maximum atomic E-state index is 11.9. The lowest BCUT2D eigenvalue weighted by molar-refractivity contribution is -0.0855. The number of hydrogen-bond acceptors (Lipinski definition) is 4. The summed E-state index contributed by atoms with van der Waals surface area (Å²) in [6, 6.07) is 7.13. The van der Waals surface area contributed by atoms with Crippen LogP contribution in [0.3, 0.4) is 0 Å². The van der Waals surface area contributed by atoms with Gasteiger partial charge in [0.2, 0.25) is 0 Å². The number of carbonyl (C=O) groups excluding carboxylic acids is 1. The van der Waals surface area contributed by atoms with Crippen LogP contribution in [-0.4, -0.2) is 28.5 Å². The van der Waals surface area contributed by atoms with Crippen LogP contribution < -0.4 is 0 Å². The summed E-state index contributed by atoms with van der Waals surface area (Å²) in [7, 11) is 0. The number of halogens is 1. The molecule has 1 heterocycles. The largest absolute Gasteiger partial charge is 0.448 e. The zero-order valence-electron chi connectivity index (χ0n) is 10.8. The van der Waals surface area contributed by atoms with Crippen molar-refractivity contribution in [3.63, 3.8) is 0 Å². The van der Waals surface area contributed by atoms with Crippen molar-refractivity contribution in [2.24, 2.45) is 5.10 Å². The average molecular weight is 327 g/mol. The van der Waals surface area contributed by atoms with Gasteiger partial charge in [-0.2, -0.15) is 10.1 Å². The molecular weight excluding hydrogens is 312 g/mol. The van der Waals surface area contributed by atoms with Crippen LogP contribution in [0, 0.1) is 0 Å². The third kappa shape index (κ3) is 2.64. The Bertz CT molecular complexity index is 515. The van der Waals surface area contributed by atoms with E-state index < -0.39 is 11.8 Å². The second kappa shape index (κ2) is 5.30. The quantitative estimate of drug-likeness (QED) is 0.908. The van der Waals surface area contributed by atoms with E-state index in [0.29, 0.717) is 11.3 Å². The van der Waals surface area contributed by atoms with Crippen LogP contribution in [-0.2, 0) is 10.5 Å². The summed E-state index contributed by atoms with van der Waals surface area (Å²) in [5.74, 6) is 0. The van der Waals surface area contributed by atoms with Gasteiger partial charge in [0.25, 0.3) is 0 Å². The molecule has 0 saturated carbocycles. The molecule has 1 amide bonds. The molecular formula is C13H15BrN2O3. The van der Waals surface area contributed by atoms with Gasteiger partial charge in [-0.05, 0) is 26.0 Å².